The van der Waals surface area contributed by atoms with E-state index in [1.165, 1.54) is 12.8 Å². The van der Waals surface area contributed by atoms with E-state index < -0.39 is 10.0 Å². The molecule has 1 N–H and O–H groups in total. The van der Waals surface area contributed by atoms with Crippen molar-refractivity contribution in [3.8, 4) is 0 Å². The second kappa shape index (κ2) is 9.31. The fourth-order valence-corrected chi connectivity index (χ4v) is 5.64. The van der Waals surface area contributed by atoms with Crippen LogP contribution in [-0.2, 0) is 21.2 Å². The number of aryl methyl sites for hydroxylation is 2. The van der Waals surface area contributed by atoms with Crippen LogP contribution in [0.25, 0.3) is 0 Å². The Kier molecular flexibility index (Phi) is 7.23. The van der Waals surface area contributed by atoms with Crippen molar-refractivity contribution in [1.82, 2.24) is 9.29 Å². The molecule has 0 bridgehead atoms. The zero-order valence-electron chi connectivity index (χ0n) is 18.2. The van der Waals surface area contributed by atoms with Gasteiger partial charge in [0.2, 0.25) is 10.0 Å². The summed E-state index contributed by atoms with van der Waals surface area (Å²) in [7, 11) is -3.36. The van der Waals surface area contributed by atoms with Gasteiger partial charge in [-0.05, 0) is 70.3 Å². The molecular formula is C22H36N2O4S. The fourth-order valence-electron chi connectivity index (χ4n) is 4.74. The van der Waals surface area contributed by atoms with E-state index in [-0.39, 0.29) is 29.5 Å². The van der Waals surface area contributed by atoms with Gasteiger partial charge in [0.15, 0.2) is 0 Å². The van der Waals surface area contributed by atoms with Crippen LogP contribution in [0, 0.1) is 18.8 Å². The SMILES string of the molecule is CCS(=O)(=O)N[C@H]1CCc2ccc(C)c(=O)n2[C@H]1COC1CCC(C(C)C)CC1. The molecule has 1 aliphatic heterocycles. The smallest absolute Gasteiger partial charge is 0.254 e. The molecule has 1 aliphatic carbocycles. The molecule has 0 aromatic carbocycles. The van der Waals surface area contributed by atoms with Crippen molar-refractivity contribution >= 4 is 10.0 Å². The Labute approximate surface area is 175 Å². The van der Waals surface area contributed by atoms with Crippen LogP contribution >= 0.6 is 0 Å². The first-order valence-electron chi connectivity index (χ1n) is 11.0. The molecule has 1 fully saturated rings. The lowest BCUT2D eigenvalue weighted by atomic mass is 9.80. The van der Waals surface area contributed by atoms with Gasteiger partial charge in [-0.2, -0.15) is 0 Å². The molecule has 29 heavy (non-hydrogen) atoms. The summed E-state index contributed by atoms with van der Waals surface area (Å²) < 4.78 is 35.4. The van der Waals surface area contributed by atoms with Crippen LogP contribution in [0.4, 0.5) is 0 Å². The maximum absolute atomic E-state index is 12.9. The Bertz CT molecular complexity index is 854. The van der Waals surface area contributed by atoms with Crippen molar-refractivity contribution < 1.29 is 13.2 Å². The number of nitrogens with one attached hydrogen (secondary N) is 1. The van der Waals surface area contributed by atoms with Crippen molar-refractivity contribution in [2.75, 3.05) is 12.4 Å². The number of hydrogen-bond acceptors (Lipinski definition) is 4. The topological polar surface area (TPSA) is 77.4 Å². The molecule has 6 nitrogen and oxygen atoms in total. The lowest BCUT2D eigenvalue weighted by Gasteiger charge is -2.37. The summed E-state index contributed by atoms with van der Waals surface area (Å²) >= 11 is 0. The number of rotatable bonds is 7. The minimum atomic E-state index is -3.36. The summed E-state index contributed by atoms with van der Waals surface area (Å²) in [5, 5.41) is 0. The Morgan fingerprint density at radius 1 is 1.17 bits per heavy atom. The highest BCUT2D eigenvalue weighted by Gasteiger charge is 2.34. The first kappa shape index (κ1) is 22.5. The first-order valence-corrected chi connectivity index (χ1v) is 12.7. The lowest BCUT2D eigenvalue weighted by molar-refractivity contribution is -0.0103. The van der Waals surface area contributed by atoms with E-state index in [9.17, 15) is 13.2 Å². The third-order valence-electron chi connectivity index (χ3n) is 6.77. The molecule has 0 unspecified atom stereocenters. The minimum Gasteiger partial charge on any atom is -0.376 e. The number of sulfonamides is 1. The maximum atomic E-state index is 12.9. The highest BCUT2D eigenvalue weighted by molar-refractivity contribution is 7.89. The van der Waals surface area contributed by atoms with E-state index in [0.29, 0.717) is 30.9 Å². The molecule has 2 heterocycles. The van der Waals surface area contributed by atoms with Gasteiger partial charge in [-0.15, -0.1) is 0 Å². The van der Waals surface area contributed by atoms with Gasteiger partial charge in [-0.25, -0.2) is 13.1 Å². The Morgan fingerprint density at radius 2 is 1.86 bits per heavy atom. The second-order valence-corrected chi connectivity index (χ2v) is 11.1. The minimum absolute atomic E-state index is 0.0336. The monoisotopic (exact) mass is 424 g/mol. The van der Waals surface area contributed by atoms with Gasteiger partial charge >= 0.3 is 0 Å². The number of fused-ring (bicyclic) bond motifs is 1. The van der Waals surface area contributed by atoms with Crippen molar-refractivity contribution in [3.63, 3.8) is 0 Å². The third kappa shape index (κ3) is 5.30. The largest absolute Gasteiger partial charge is 0.376 e. The maximum Gasteiger partial charge on any atom is 0.254 e. The summed E-state index contributed by atoms with van der Waals surface area (Å²) in [6.45, 7) is 8.37. The van der Waals surface area contributed by atoms with E-state index in [0.717, 1.165) is 24.5 Å². The number of aromatic nitrogens is 1. The molecule has 7 heteroatoms. The molecule has 3 rings (SSSR count). The third-order valence-corrected chi connectivity index (χ3v) is 8.20. The highest BCUT2D eigenvalue weighted by atomic mass is 32.2. The van der Waals surface area contributed by atoms with Gasteiger partial charge in [0.25, 0.3) is 5.56 Å². The molecule has 2 aliphatic rings. The number of pyridine rings is 1. The summed E-state index contributed by atoms with van der Waals surface area (Å²) in [5.74, 6) is 1.50. The normalized spacial score (nSPS) is 27.8. The van der Waals surface area contributed by atoms with Crippen LogP contribution in [0.5, 0.6) is 0 Å². The van der Waals surface area contributed by atoms with Crippen LogP contribution in [0.3, 0.4) is 0 Å². The molecule has 0 radical (unpaired) electrons. The molecule has 1 saturated carbocycles. The molecule has 1 aromatic heterocycles. The van der Waals surface area contributed by atoms with Gasteiger partial charge in [0.1, 0.15) is 0 Å². The number of hydrogen-bond donors (Lipinski definition) is 1. The Hall–Kier alpha value is -1.18. The molecule has 0 saturated heterocycles. The average molecular weight is 425 g/mol. The van der Waals surface area contributed by atoms with E-state index in [4.69, 9.17) is 4.74 Å². The van der Waals surface area contributed by atoms with Crippen LogP contribution in [0.1, 0.15) is 70.2 Å². The lowest BCUT2D eigenvalue weighted by Crippen LogP contribution is -2.50. The summed E-state index contributed by atoms with van der Waals surface area (Å²) in [6.07, 6.45) is 5.98. The predicted octanol–water partition coefficient (Wildman–Crippen LogP) is 3.18. The molecular weight excluding hydrogens is 388 g/mol. The van der Waals surface area contributed by atoms with Crippen LogP contribution < -0.4 is 10.3 Å². The van der Waals surface area contributed by atoms with Gasteiger partial charge < -0.3 is 9.30 Å². The zero-order valence-corrected chi connectivity index (χ0v) is 19.0. The van der Waals surface area contributed by atoms with Crippen LogP contribution in [-0.4, -0.2) is 37.5 Å². The molecule has 0 spiro atoms. The summed E-state index contributed by atoms with van der Waals surface area (Å²) in [6, 6.07) is 3.21. The van der Waals surface area contributed by atoms with E-state index in [1.807, 2.05) is 12.1 Å². The molecule has 2 atom stereocenters. The zero-order chi connectivity index (χ0) is 21.2. The highest BCUT2D eigenvalue weighted by Crippen LogP contribution is 2.32. The van der Waals surface area contributed by atoms with Crippen molar-refractivity contribution in [1.29, 1.82) is 0 Å². The van der Waals surface area contributed by atoms with Gasteiger partial charge in [0.05, 0.1) is 24.5 Å². The average Bonchev–Trinajstić information content (AvgIpc) is 2.70. The molecule has 164 valence electrons. The summed E-state index contributed by atoms with van der Waals surface area (Å²) in [4.78, 5) is 12.9. The van der Waals surface area contributed by atoms with Crippen molar-refractivity contribution in [3.05, 3.63) is 33.7 Å². The van der Waals surface area contributed by atoms with E-state index in [2.05, 4.69) is 18.6 Å². The molecule has 1 aromatic rings. The van der Waals surface area contributed by atoms with Gasteiger partial charge in [-0.1, -0.05) is 19.9 Å². The first-order chi connectivity index (χ1) is 13.7. The van der Waals surface area contributed by atoms with E-state index in [1.54, 1.807) is 18.4 Å². The predicted molar refractivity (Wildman–Crippen MR) is 116 cm³/mol. The van der Waals surface area contributed by atoms with Gasteiger partial charge in [0, 0.05) is 17.3 Å². The Balaban J connectivity index is 1.78. The van der Waals surface area contributed by atoms with Crippen molar-refractivity contribution in [2.45, 2.75) is 84.4 Å². The Morgan fingerprint density at radius 3 is 2.48 bits per heavy atom. The van der Waals surface area contributed by atoms with E-state index >= 15 is 0 Å². The quantitative estimate of drug-likeness (QED) is 0.729. The number of ether oxygens (including phenoxy) is 1. The number of nitrogens with zero attached hydrogens (tertiary/aromatic N) is 1. The van der Waals surface area contributed by atoms with Gasteiger partial charge in [-0.3, -0.25) is 4.79 Å². The van der Waals surface area contributed by atoms with Crippen LogP contribution in [0.15, 0.2) is 16.9 Å². The van der Waals surface area contributed by atoms with Crippen LogP contribution in [0.2, 0.25) is 0 Å². The fraction of sp³-hybridized carbons (Fsp3) is 0.773. The second-order valence-electron chi connectivity index (χ2n) is 9.03. The molecule has 0 amide bonds. The van der Waals surface area contributed by atoms with Crippen molar-refractivity contribution in [2.24, 2.45) is 11.8 Å². The standard InChI is InChI=1S/C22H36N2O4S/c1-5-29(26,27)23-20-13-10-18-9-6-16(4)22(25)24(18)21(20)14-28-19-11-7-17(8-12-19)15(2)3/h6,9,15,17,19-21,23H,5,7-8,10-14H2,1-4H3/t17?,19?,20-,21-/m0/s1. The summed E-state index contributed by atoms with van der Waals surface area (Å²) in [5.41, 5.74) is 1.60.